The van der Waals surface area contributed by atoms with E-state index < -0.39 is 0 Å². The Hall–Kier alpha value is -1.29. The van der Waals surface area contributed by atoms with Gasteiger partial charge in [0, 0.05) is 18.3 Å². The average Bonchev–Trinajstić information content (AvgIpc) is 2.87. The molecule has 0 spiro atoms. The van der Waals surface area contributed by atoms with Crippen molar-refractivity contribution >= 4 is 5.82 Å². The molecule has 0 atom stereocenters. The Labute approximate surface area is 122 Å². The molecular formula is C16H27N3O. The quantitative estimate of drug-likeness (QED) is 0.866. The molecule has 4 heteroatoms. The van der Waals surface area contributed by atoms with Gasteiger partial charge >= 0.3 is 0 Å². The van der Waals surface area contributed by atoms with Crippen LogP contribution in [0.3, 0.4) is 0 Å². The lowest BCUT2D eigenvalue weighted by Gasteiger charge is -2.36. The van der Waals surface area contributed by atoms with Gasteiger partial charge in [0.05, 0.1) is 6.10 Å². The molecule has 4 nitrogen and oxygen atoms in total. The summed E-state index contributed by atoms with van der Waals surface area (Å²) < 4.78 is 5.82. The van der Waals surface area contributed by atoms with Crippen LogP contribution >= 0.6 is 0 Å². The Kier molecular flexibility index (Phi) is 4.86. The zero-order chi connectivity index (χ0) is 14.6. The van der Waals surface area contributed by atoms with E-state index in [0.29, 0.717) is 0 Å². The van der Waals surface area contributed by atoms with Gasteiger partial charge in [0.25, 0.3) is 0 Å². The predicted molar refractivity (Wildman–Crippen MR) is 83.4 cm³/mol. The number of pyridine rings is 1. The first-order valence-corrected chi connectivity index (χ1v) is 7.56. The van der Waals surface area contributed by atoms with Crippen LogP contribution in [0.2, 0.25) is 0 Å². The second-order valence-electron chi connectivity index (χ2n) is 6.20. The van der Waals surface area contributed by atoms with Gasteiger partial charge in [0.15, 0.2) is 11.6 Å². The maximum absolute atomic E-state index is 5.82. The van der Waals surface area contributed by atoms with Crippen LogP contribution in [0.25, 0.3) is 0 Å². The van der Waals surface area contributed by atoms with Crippen molar-refractivity contribution in [1.29, 1.82) is 0 Å². The minimum Gasteiger partial charge on any atom is -0.487 e. The normalized spacial score (nSPS) is 17.7. The molecule has 1 aliphatic carbocycles. The maximum Gasteiger partial charge on any atom is 0.168 e. The summed E-state index contributed by atoms with van der Waals surface area (Å²) in [5.41, 5.74) is 0.257. The van der Waals surface area contributed by atoms with E-state index in [1.165, 1.54) is 25.7 Å². The van der Waals surface area contributed by atoms with Gasteiger partial charge in [-0.2, -0.15) is 0 Å². The molecular weight excluding hydrogens is 250 g/mol. The second-order valence-corrected chi connectivity index (χ2v) is 6.20. The lowest BCUT2D eigenvalue weighted by molar-refractivity contribution is 0.172. The zero-order valence-corrected chi connectivity index (χ0v) is 13.1. The van der Waals surface area contributed by atoms with Gasteiger partial charge in [-0.05, 0) is 52.9 Å². The molecule has 1 saturated carbocycles. The van der Waals surface area contributed by atoms with Gasteiger partial charge in [-0.3, -0.25) is 0 Å². The molecule has 1 aromatic heterocycles. The third-order valence-corrected chi connectivity index (χ3v) is 4.20. The van der Waals surface area contributed by atoms with Crippen molar-refractivity contribution in [1.82, 2.24) is 9.88 Å². The Morgan fingerprint density at radius 1 is 1.35 bits per heavy atom. The fourth-order valence-electron chi connectivity index (χ4n) is 2.94. The Morgan fingerprint density at radius 3 is 2.65 bits per heavy atom. The van der Waals surface area contributed by atoms with E-state index in [4.69, 9.17) is 4.74 Å². The minimum atomic E-state index is 0.161. The molecule has 1 fully saturated rings. The van der Waals surface area contributed by atoms with E-state index in [-0.39, 0.29) is 11.6 Å². The average molecular weight is 277 g/mol. The molecule has 0 amide bonds. The van der Waals surface area contributed by atoms with Crippen molar-refractivity contribution < 1.29 is 4.74 Å². The Morgan fingerprint density at radius 2 is 2.05 bits per heavy atom. The SMILES string of the molecule is CC(C)Oc1cccnc1NCC1(N(C)C)CCCC1. The Balaban J connectivity index is 2.06. The van der Waals surface area contributed by atoms with Crippen LogP contribution in [0.4, 0.5) is 5.82 Å². The van der Waals surface area contributed by atoms with Gasteiger partial charge in [-0.25, -0.2) is 4.98 Å². The molecule has 0 radical (unpaired) electrons. The van der Waals surface area contributed by atoms with Crippen LogP contribution in [0.1, 0.15) is 39.5 Å². The van der Waals surface area contributed by atoms with Crippen LogP contribution in [-0.4, -0.2) is 42.2 Å². The van der Waals surface area contributed by atoms with Gasteiger partial charge < -0.3 is 15.0 Å². The number of rotatable bonds is 6. The Bertz CT molecular complexity index is 425. The first-order chi connectivity index (χ1) is 9.53. The molecule has 1 heterocycles. The fourth-order valence-corrected chi connectivity index (χ4v) is 2.94. The third-order valence-electron chi connectivity index (χ3n) is 4.20. The molecule has 0 unspecified atom stereocenters. The lowest BCUT2D eigenvalue weighted by atomic mass is 9.96. The number of hydrogen-bond acceptors (Lipinski definition) is 4. The number of ether oxygens (including phenoxy) is 1. The van der Waals surface area contributed by atoms with E-state index in [0.717, 1.165) is 18.1 Å². The lowest BCUT2D eigenvalue weighted by Crippen LogP contribution is -2.47. The number of nitrogens with one attached hydrogen (secondary N) is 1. The van der Waals surface area contributed by atoms with Crippen LogP contribution in [-0.2, 0) is 0 Å². The summed E-state index contributed by atoms with van der Waals surface area (Å²) >= 11 is 0. The monoisotopic (exact) mass is 277 g/mol. The van der Waals surface area contributed by atoms with E-state index in [2.05, 4.69) is 29.3 Å². The molecule has 112 valence electrons. The van der Waals surface area contributed by atoms with Crippen molar-refractivity contribution in [3.8, 4) is 5.75 Å². The maximum atomic E-state index is 5.82. The van der Waals surface area contributed by atoms with E-state index in [1.54, 1.807) is 0 Å². The van der Waals surface area contributed by atoms with Crippen molar-refractivity contribution in [2.75, 3.05) is 26.0 Å². The van der Waals surface area contributed by atoms with Crippen molar-refractivity contribution in [3.05, 3.63) is 18.3 Å². The third kappa shape index (κ3) is 3.42. The van der Waals surface area contributed by atoms with E-state index >= 15 is 0 Å². The van der Waals surface area contributed by atoms with Crippen LogP contribution in [0, 0.1) is 0 Å². The summed E-state index contributed by atoms with van der Waals surface area (Å²) in [5.74, 6) is 1.70. The molecule has 1 aliphatic rings. The first-order valence-electron chi connectivity index (χ1n) is 7.56. The summed E-state index contributed by atoms with van der Waals surface area (Å²) in [6, 6.07) is 3.90. The summed E-state index contributed by atoms with van der Waals surface area (Å²) in [6.45, 7) is 5.00. The summed E-state index contributed by atoms with van der Waals surface area (Å²) in [4.78, 5) is 6.79. The van der Waals surface area contributed by atoms with Crippen LogP contribution in [0.5, 0.6) is 5.75 Å². The largest absolute Gasteiger partial charge is 0.487 e. The first kappa shape index (κ1) is 15.1. The summed E-state index contributed by atoms with van der Waals surface area (Å²) in [6.07, 6.45) is 7.11. The highest BCUT2D eigenvalue weighted by Crippen LogP contribution is 2.34. The van der Waals surface area contributed by atoms with Crippen molar-refractivity contribution in [2.24, 2.45) is 0 Å². The van der Waals surface area contributed by atoms with Gasteiger partial charge in [0.1, 0.15) is 0 Å². The molecule has 20 heavy (non-hydrogen) atoms. The number of aromatic nitrogens is 1. The molecule has 1 N–H and O–H groups in total. The highest BCUT2D eigenvalue weighted by atomic mass is 16.5. The number of hydrogen-bond donors (Lipinski definition) is 1. The fraction of sp³-hybridized carbons (Fsp3) is 0.688. The van der Waals surface area contributed by atoms with Crippen LogP contribution in [0.15, 0.2) is 18.3 Å². The second kappa shape index (κ2) is 6.44. The summed E-state index contributed by atoms with van der Waals surface area (Å²) in [7, 11) is 4.36. The standard InChI is InChI=1S/C16H27N3O/c1-13(2)20-14-8-7-11-17-15(14)18-12-16(19(3)4)9-5-6-10-16/h7-8,11,13H,5-6,9-10,12H2,1-4H3,(H,17,18). The molecule has 0 aromatic carbocycles. The van der Waals surface area contributed by atoms with Gasteiger partial charge in [-0.1, -0.05) is 12.8 Å². The zero-order valence-electron chi connectivity index (χ0n) is 13.1. The highest BCUT2D eigenvalue weighted by molar-refractivity contribution is 5.49. The molecule has 0 bridgehead atoms. The smallest absolute Gasteiger partial charge is 0.168 e. The number of anilines is 1. The number of nitrogens with zero attached hydrogens (tertiary/aromatic N) is 2. The van der Waals surface area contributed by atoms with E-state index in [1.807, 2.05) is 32.2 Å². The highest BCUT2D eigenvalue weighted by Gasteiger charge is 2.35. The minimum absolute atomic E-state index is 0.161. The number of likely N-dealkylation sites (N-methyl/N-ethyl adjacent to an activating group) is 1. The van der Waals surface area contributed by atoms with E-state index in [9.17, 15) is 0 Å². The topological polar surface area (TPSA) is 37.4 Å². The van der Waals surface area contributed by atoms with Crippen molar-refractivity contribution in [3.63, 3.8) is 0 Å². The van der Waals surface area contributed by atoms with Crippen molar-refractivity contribution in [2.45, 2.75) is 51.2 Å². The molecule has 0 saturated heterocycles. The predicted octanol–water partition coefficient (Wildman–Crippen LogP) is 3.16. The van der Waals surface area contributed by atoms with Gasteiger partial charge in [-0.15, -0.1) is 0 Å². The molecule has 1 aromatic rings. The summed E-state index contributed by atoms with van der Waals surface area (Å²) in [5, 5.41) is 3.50. The molecule has 0 aliphatic heterocycles. The van der Waals surface area contributed by atoms with Gasteiger partial charge in [0.2, 0.25) is 0 Å². The van der Waals surface area contributed by atoms with Crippen LogP contribution < -0.4 is 10.1 Å². The molecule has 2 rings (SSSR count).